The van der Waals surface area contributed by atoms with Gasteiger partial charge in [0.1, 0.15) is 5.69 Å². The van der Waals surface area contributed by atoms with E-state index in [9.17, 15) is 14.5 Å². The zero-order valence-electron chi connectivity index (χ0n) is 8.26. The van der Waals surface area contributed by atoms with Crippen molar-refractivity contribution in [2.24, 2.45) is 0 Å². The summed E-state index contributed by atoms with van der Waals surface area (Å²) in [4.78, 5) is 9.73. The Bertz CT molecular complexity index is 386. The molecular weight excluding hydrogens is 219 g/mol. The molecule has 0 fully saturated rings. The van der Waals surface area contributed by atoms with Crippen LogP contribution in [-0.4, -0.2) is 34.4 Å². The second-order valence-electron chi connectivity index (χ2n) is 3.11. The molecule has 0 heterocycles. The van der Waals surface area contributed by atoms with Gasteiger partial charge in [-0.05, 0) is 12.1 Å². The highest BCUT2D eigenvalue weighted by molar-refractivity contribution is 5.61. The normalized spacial score (nSPS) is 12.2. The summed E-state index contributed by atoms with van der Waals surface area (Å²) >= 11 is 0. The Morgan fingerprint density at radius 1 is 1.56 bits per heavy atom. The van der Waals surface area contributed by atoms with E-state index in [2.05, 4.69) is 5.32 Å². The smallest absolute Gasteiger partial charge is 0.327 e. The average Bonchev–Trinajstić information content (AvgIpc) is 2.25. The number of benzene rings is 1. The second-order valence-corrected chi connectivity index (χ2v) is 3.11. The standard InChI is InChI=1S/C9H11FN2O4/c10-7-2-1-3-8(9(7)12(15)16)11-4-6(14)5-13/h1-3,6,11,13-14H,4-5H2. The number of hydrogen-bond acceptors (Lipinski definition) is 5. The zero-order valence-corrected chi connectivity index (χ0v) is 8.26. The van der Waals surface area contributed by atoms with Gasteiger partial charge in [-0.3, -0.25) is 10.1 Å². The van der Waals surface area contributed by atoms with Crippen molar-refractivity contribution in [3.63, 3.8) is 0 Å². The molecule has 0 spiro atoms. The summed E-state index contributed by atoms with van der Waals surface area (Å²) in [6.45, 7) is -0.573. The lowest BCUT2D eigenvalue weighted by Crippen LogP contribution is -2.23. The molecule has 6 nitrogen and oxygen atoms in total. The second kappa shape index (κ2) is 5.38. The van der Waals surface area contributed by atoms with Gasteiger partial charge in [-0.2, -0.15) is 4.39 Å². The van der Waals surface area contributed by atoms with Gasteiger partial charge in [0.2, 0.25) is 5.82 Å². The monoisotopic (exact) mass is 230 g/mol. The molecule has 0 aliphatic heterocycles. The van der Waals surface area contributed by atoms with Crippen LogP contribution >= 0.6 is 0 Å². The van der Waals surface area contributed by atoms with Crippen LogP contribution in [0.2, 0.25) is 0 Å². The van der Waals surface area contributed by atoms with Crippen molar-refractivity contribution in [1.82, 2.24) is 0 Å². The minimum Gasteiger partial charge on any atom is -0.394 e. The molecule has 1 aromatic rings. The Morgan fingerprint density at radius 2 is 2.25 bits per heavy atom. The highest BCUT2D eigenvalue weighted by Crippen LogP contribution is 2.26. The summed E-state index contributed by atoms with van der Waals surface area (Å²) in [6.07, 6.45) is -1.05. The van der Waals surface area contributed by atoms with E-state index < -0.39 is 29.1 Å². The molecule has 1 unspecified atom stereocenters. The predicted molar refractivity (Wildman–Crippen MR) is 54.6 cm³/mol. The maximum absolute atomic E-state index is 13.1. The van der Waals surface area contributed by atoms with Crippen LogP contribution in [0.25, 0.3) is 0 Å². The number of aliphatic hydroxyl groups excluding tert-OH is 2. The Balaban J connectivity index is 2.87. The van der Waals surface area contributed by atoms with Crippen LogP contribution in [0.15, 0.2) is 18.2 Å². The maximum atomic E-state index is 13.1. The van der Waals surface area contributed by atoms with Gasteiger partial charge in [-0.15, -0.1) is 0 Å². The fourth-order valence-corrected chi connectivity index (χ4v) is 1.14. The molecule has 1 atom stereocenters. The molecular formula is C9H11FN2O4. The third-order valence-corrected chi connectivity index (χ3v) is 1.91. The zero-order chi connectivity index (χ0) is 12.1. The number of hydrogen-bond donors (Lipinski definition) is 3. The van der Waals surface area contributed by atoms with E-state index in [0.29, 0.717) is 0 Å². The van der Waals surface area contributed by atoms with Gasteiger partial charge < -0.3 is 15.5 Å². The van der Waals surface area contributed by atoms with Crippen molar-refractivity contribution in [2.45, 2.75) is 6.10 Å². The lowest BCUT2D eigenvalue weighted by atomic mass is 10.2. The fraction of sp³-hybridized carbons (Fsp3) is 0.333. The van der Waals surface area contributed by atoms with Gasteiger partial charge >= 0.3 is 5.69 Å². The summed E-state index contributed by atoms with van der Waals surface area (Å²) in [5.41, 5.74) is -0.704. The Morgan fingerprint density at radius 3 is 2.81 bits per heavy atom. The van der Waals surface area contributed by atoms with Crippen molar-refractivity contribution in [3.8, 4) is 0 Å². The minimum absolute atomic E-state index is 0.0301. The van der Waals surface area contributed by atoms with Crippen molar-refractivity contribution in [2.75, 3.05) is 18.5 Å². The number of nitrogens with zero attached hydrogens (tertiary/aromatic N) is 1. The highest BCUT2D eigenvalue weighted by Gasteiger charge is 2.19. The van der Waals surface area contributed by atoms with E-state index >= 15 is 0 Å². The van der Waals surface area contributed by atoms with E-state index in [1.165, 1.54) is 12.1 Å². The SMILES string of the molecule is O=[N+]([O-])c1c(F)cccc1NCC(O)CO. The minimum atomic E-state index is -1.05. The largest absolute Gasteiger partial charge is 0.394 e. The molecule has 0 radical (unpaired) electrons. The lowest BCUT2D eigenvalue weighted by molar-refractivity contribution is -0.386. The van der Waals surface area contributed by atoms with Crippen LogP contribution in [0.4, 0.5) is 15.8 Å². The molecule has 0 saturated carbocycles. The van der Waals surface area contributed by atoms with Crippen molar-refractivity contribution < 1.29 is 19.5 Å². The number of nitro benzene ring substituents is 1. The first kappa shape index (κ1) is 12.3. The predicted octanol–water partition coefficient (Wildman–Crippen LogP) is 0.499. The van der Waals surface area contributed by atoms with Crippen LogP contribution in [-0.2, 0) is 0 Å². The number of nitro groups is 1. The Labute approximate surface area is 90.5 Å². The first-order valence-electron chi connectivity index (χ1n) is 4.52. The molecule has 1 rings (SSSR count). The molecule has 0 aliphatic carbocycles. The number of rotatable bonds is 5. The van der Waals surface area contributed by atoms with Crippen molar-refractivity contribution >= 4 is 11.4 Å². The Kier molecular flexibility index (Phi) is 4.15. The van der Waals surface area contributed by atoms with Crippen LogP contribution in [0.3, 0.4) is 0 Å². The molecule has 0 bridgehead atoms. The summed E-state index contributed by atoms with van der Waals surface area (Å²) in [7, 11) is 0. The van der Waals surface area contributed by atoms with Gasteiger partial charge in [0.05, 0.1) is 17.6 Å². The maximum Gasteiger partial charge on any atom is 0.327 e. The molecule has 7 heteroatoms. The van der Waals surface area contributed by atoms with Crippen LogP contribution in [0.5, 0.6) is 0 Å². The van der Waals surface area contributed by atoms with E-state index in [-0.39, 0.29) is 12.2 Å². The molecule has 0 aliphatic rings. The number of aliphatic hydroxyl groups is 2. The topological polar surface area (TPSA) is 95.6 Å². The number of nitrogens with one attached hydrogen (secondary N) is 1. The molecule has 0 saturated heterocycles. The summed E-state index contributed by atoms with van der Waals surface area (Å²) in [5.74, 6) is -0.950. The van der Waals surface area contributed by atoms with Gasteiger partial charge in [-0.25, -0.2) is 0 Å². The summed E-state index contributed by atoms with van der Waals surface area (Å²) < 4.78 is 13.1. The fourth-order valence-electron chi connectivity index (χ4n) is 1.14. The number of halogens is 1. The van der Waals surface area contributed by atoms with Gasteiger partial charge in [-0.1, -0.05) is 6.07 Å². The first-order valence-corrected chi connectivity index (χ1v) is 4.52. The average molecular weight is 230 g/mol. The third kappa shape index (κ3) is 2.88. The van der Waals surface area contributed by atoms with Gasteiger partial charge in [0.15, 0.2) is 0 Å². The molecule has 16 heavy (non-hydrogen) atoms. The van der Waals surface area contributed by atoms with Crippen molar-refractivity contribution in [3.05, 3.63) is 34.1 Å². The first-order chi connectivity index (χ1) is 7.56. The van der Waals surface area contributed by atoms with E-state index in [1.807, 2.05) is 0 Å². The lowest BCUT2D eigenvalue weighted by Gasteiger charge is -2.10. The van der Waals surface area contributed by atoms with E-state index in [4.69, 9.17) is 10.2 Å². The summed E-state index contributed by atoms with van der Waals surface area (Å²) in [6, 6.07) is 3.62. The van der Waals surface area contributed by atoms with Crippen LogP contribution in [0, 0.1) is 15.9 Å². The molecule has 0 amide bonds. The molecule has 1 aromatic carbocycles. The Hall–Kier alpha value is -1.73. The van der Waals surface area contributed by atoms with E-state index in [0.717, 1.165) is 6.07 Å². The number of para-hydroxylation sites is 1. The number of anilines is 1. The van der Waals surface area contributed by atoms with Crippen LogP contribution < -0.4 is 5.32 Å². The quantitative estimate of drug-likeness (QED) is 0.505. The van der Waals surface area contributed by atoms with Gasteiger partial charge in [0, 0.05) is 6.54 Å². The van der Waals surface area contributed by atoms with Crippen LogP contribution in [0.1, 0.15) is 0 Å². The summed E-state index contributed by atoms with van der Waals surface area (Å²) in [5, 5.41) is 30.7. The molecule has 0 aromatic heterocycles. The molecule has 88 valence electrons. The van der Waals surface area contributed by atoms with E-state index in [1.54, 1.807) is 0 Å². The third-order valence-electron chi connectivity index (χ3n) is 1.91. The van der Waals surface area contributed by atoms with Crippen molar-refractivity contribution in [1.29, 1.82) is 0 Å². The molecule has 3 N–H and O–H groups in total. The van der Waals surface area contributed by atoms with Gasteiger partial charge in [0.25, 0.3) is 0 Å². The highest BCUT2D eigenvalue weighted by atomic mass is 19.1.